The van der Waals surface area contributed by atoms with Crippen molar-refractivity contribution >= 4 is 17.2 Å². The summed E-state index contributed by atoms with van der Waals surface area (Å²) in [6.07, 6.45) is 1.90. The second-order valence-electron chi connectivity index (χ2n) is 5.96. The fourth-order valence-electron chi connectivity index (χ4n) is 2.91. The first-order valence-electron chi connectivity index (χ1n) is 7.98. The molecule has 1 fully saturated rings. The van der Waals surface area contributed by atoms with E-state index in [1.165, 1.54) is 4.88 Å². The summed E-state index contributed by atoms with van der Waals surface area (Å²) in [7, 11) is 0. The lowest BCUT2D eigenvalue weighted by atomic mass is 9.95. The summed E-state index contributed by atoms with van der Waals surface area (Å²) < 4.78 is 5.27. The smallest absolute Gasteiger partial charge is 0.237 e. The third-order valence-electron chi connectivity index (χ3n) is 4.37. The van der Waals surface area contributed by atoms with E-state index >= 15 is 0 Å². The van der Waals surface area contributed by atoms with Crippen LogP contribution >= 0.6 is 11.3 Å². The van der Waals surface area contributed by atoms with Crippen LogP contribution in [0.4, 0.5) is 0 Å². The Labute approximate surface area is 139 Å². The van der Waals surface area contributed by atoms with Gasteiger partial charge in [-0.05, 0) is 51.2 Å². The SMILES string of the molecule is Cc1noc(C2CCN([C@H](C)C(=O)NCc3cccs3)CC2)n1. The first-order valence-corrected chi connectivity index (χ1v) is 8.86. The van der Waals surface area contributed by atoms with Crippen LogP contribution in [-0.4, -0.2) is 40.1 Å². The van der Waals surface area contributed by atoms with Gasteiger partial charge in [-0.2, -0.15) is 4.98 Å². The minimum Gasteiger partial charge on any atom is -0.350 e. The maximum absolute atomic E-state index is 12.3. The zero-order valence-corrected chi connectivity index (χ0v) is 14.3. The second-order valence-corrected chi connectivity index (χ2v) is 7.00. The van der Waals surface area contributed by atoms with Crippen LogP contribution in [0.15, 0.2) is 22.0 Å². The predicted molar refractivity (Wildman–Crippen MR) is 88.2 cm³/mol. The van der Waals surface area contributed by atoms with Crippen molar-refractivity contribution in [1.29, 1.82) is 0 Å². The van der Waals surface area contributed by atoms with Crippen LogP contribution in [0.25, 0.3) is 0 Å². The molecule has 0 saturated carbocycles. The lowest BCUT2D eigenvalue weighted by Crippen LogP contribution is -2.47. The fourth-order valence-corrected chi connectivity index (χ4v) is 3.56. The molecule has 3 heterocycles. The van der Waals surface area contributed by atoms with Gasteiger partial charge in [0.1, 0.15) is 0 Å². The molecule has 1 aliphatic rings. The zero-order chi connectivity index (χ0) is 16.2. The highest BCUT2D eigenvalue weighted by Gasteiger charge is 2.29. The normalized spacial score (nSPS) is 18.0. The molecule has 3 rings (SSSR count). The number of rotatable bonds is 5. The van der Waals surface area contributed by atoms with Gasteiger partial charge >= 0.3 is 0 Å². The van der Waals surface area contributed by atoms with Gasteiger partial charge in [-0.1, -0.05) is 11.2 Å². The van der Waals surface area contributed by atoms with Crippen molar-refractivity contribution in [1.82, 2.24) is 20.4 Å². The van der Waals surface area contributed by atoms with Gasteiger partial charge in [-0.3, -0.25) is 9.69 Å². The van der Waals surface area contributed by atoms with Gasteiger partial charge in [0.05, 0.1) is 12.6 Å². The molecular weight excluding hydrogens is 312 g/mol. The minimum absolute atomic E-state index is 0.0884. The Morgan fingerprint density at radius 1 is 1.52 bits per heavy atom. The van der Waals surface area contributed by atoms with E-state index in [1.807, 2.05) is 31.4 Å². The van der Waals surface area contributed by atoms with Crippen molar-refractivity contribution in [2.24, 2.45) is 0 Å². The molecule has 0 unspecified atom stereocenters. The molecule has 0 spiro atoms. The molecule has 6 nitrogen and oxygen atoms in total. The summed E-state index contributed by atoms with van der Waals surface area (Å²) >= 11 is 1.66. The summed E-state index contributed by atoms with van der Waals surface area (Å²) in [5.74, 6) is 1.82. The first-order chi connectivity index (χ1) is 11.1. The maximum atomic E-state index is 12.3. The lowest BCUT2D eigenvalue weighted by Gasteiger charge is -2.34. The molecule has 1 saturated heterocycles. The highest BCUT2D eigenvalue weighted by molar-refractivity contribution is 7.09. The van der Waals surface area contributed by atoms with E-state index in [0.29, 0.717) is 18.3 Å². The minimum atomic E-state index is -0.111. The molecule has 0 aromatic carbocycles. The van der Waals surface area contributed by atoms with Crippen LogP contribution in [0.5, 0.6) is 0 Å². The van der Waals surface area contributed by atoms with Crippen molar-refractivity contribution in [3.05, 3.63) is 34.1 Å². The summed E-state index contributed by atoms with van der Waals surface area (Å²) in [5, 5.41) is 8.90. The average molecular weight is 334 g/mol. The number of hydrogen-bond acceptors (Lipinski definition) is 6. The number of carbonyl (C=O) groups excluding carboxylic acids is 1. The number of hydrogen-bond donors (Lipinski definition) is 1. The standard InChI is InChI=1S/C16H22N4O2S/c1-11(15(21)17-10-14-4-3-9-23-14)20-7-5-13(6-8-20)16-18-12(2)19-22-16/h3-4,9,11,13H,5-8,10H2,1-2H3,(H,17,21)/t11-/m1/s1. The van der Waals surface area contributed by atoms with E-state index < -0.39 is 0 Å². The van der Waals surface area contributed by atoms with Crippen LogP contribution in [0.2, 0.25) is 0 Å². The summed E-state index contributed by atoms with van der Waals surface area (Å²) in [4.78, 5) is 20.0. The maximum Gasteiger partial charge on any atom is 0.237 e. The molecule has 2 aromatic rings. The van der Waals surface area contributed by atoms with Crippen LogP contribution in [0.1, 0.15) is 42.3 Å². The summed E-state index contributed by atoms with van der Waals surface area (Å²) in [6.45, 7) is 6.17. The molecule has 0 radical (unpaired) electrons. The van der Waals surface area contributed by atoms with E-state index in [9.17, 15) is 4.79 Å². The van der Waals surface area contributed by atoms with E-state index in [4.69, 9.17) is 4.52 Å². The van der Waals surface area contributed by atoms with Crippen LogP contribution in [0.3, 0.4) is 0 Å². The molecule has 0 aliphatic carbocycles. The number of aryl methyl sites for hydroxylation is 1. The van der Waals surface area contributed by atoms with E-state index in [-0.39, 0.29) is 11.9 Å². The third-order valence-corrected chi connectivity index (χ3v) is 5.24. The van der Waals surface area contributed by atoms with Crippen molar-refractivity contribution < 1.29 is 9.32 Å². The lowest BCUT2D eigenvalue weighted by molar-refractivity contribution is -0.126. The Morgan fingerprint density at radius 2 is 2.30 bits per heavy atom. The van der Waals surface area contributed by atoms with Crippen molar-refractivity contribution in [3.8, 4) is 0 Å². The number of carbonyl (C=O) groups is 1. The molecule has 0 bridgehead atoms. The molecule has 2 aromatic heterocycles. The Morgan fingerprint density at radius 3 is 2.91 bits per heavy atom. The molecule has 1 N–H and O–H groups in total. The van der Waals surface area contributed by atoms with Crippen molar-refractivity contribution in [2.45, 2.75) is 45.2 Å². The Kier molecular flexibility index (Phi) is 5.07. The van der Waals surface area contributed by atoms with Gasteiger partial charge in [0.15, 0.2) is 5.82 Å². The third kappa shape index (κ3) is 3.97. The fraction of sp³-hybridized carbons (Fsp3) is 0.562. The highest BCUT2D eigenvalue weighted by atomic mass is 32.1. The Hall–Kier alpha value is -1.73. The number of nitrogens with zero attached hydrogens (tertiary/aromatic N) is 3. The van der Waals surface area contributed by atoms with Gasteiger partial charge in [-0.15, -0.1) is 11.3 Å². The molecule has 1 atom stereocenters. The Balaban J connectivity index is 1.47. The average Bonchev–Trinajstić information content (AvgIpc) is 3.23. The zero-order valence-electron chi connectivity index (χ0n) is 13.5. The molecule has 124 valence electrons. The number of likely N-dealkylation sites (tertiary alicyclic amines) is 1. The molecule has 7 heteroatoms. The van der Waals surface area contributed by atoms with Gasteiger partial charge in [0.25, 0.3) is 0 Å². The van der Waals surface area contributed by atoms with Gasteiger partial charge in [0.2, 0.25) is 11.8 Å². The van der Waals surface area contributed by atoms with E-state index in [2.05, 4.69) is 20.4 Å². The van der Waals surface area contributed by atoms with Crippen LogP contribution in [-0.2, 0) is 11.3 Å². The molecule has 23 heavy (non-hydrogen) atoms. The van der Waals surface area contributed by atoms with Gasteiger partial charge < -0.3 is 9.84 Å². The quantitative estimate of drug-likeness (QED) is 0.908. The predicted octanol–water partition coefficient (Wildman–Crippen LogP) is 2.32. The monoisotopic (exact) mass is 334 g/mol. The van der Waals surface area contributed by atoms with Crippen molar-refractivity contribution in [2.75, 3.05) is 13.1 Å². The van der Waals surface area contributed by atoms with Crippen LogP contribution in [0, 0.1) is 6.92 Å². The number of aromatic nitrogens is 2. The topological polar surface area (TPSA) is 71.3 Å². The second kappa shape index (κ2) is 7.23. The molecular formula is C16H22N4O2S. The molecule has 1 aliphatic heterocycles. The number of amides is 1. The number of piperidine rings is 1. The summed E-state index contributed by atoms with van der Waals surface area (Å²) in [5.41, 5.74) is 0. The Bertz CT molecular complexity index is 632. The largest absolute Gasteiger partial charge is 0.350 e. The first kappa shape index (κ1) is 16.1. The molecule has 1 amide bonds. The van der Waals surface area contributed by atoms with Crippen LogP contribution < -0.4 is 5.32 Å². The van der Waals surface area contributed by atoms with E-state index in [1.54, 1.807) is 11.3 Å². The van der Waals surface area contributed by atoms with E-state index in [0.717, 1.165) is 31.8 Å². The number of thiophene rings is 1. The van der Waals surface area contributed by atoms with Crippen molar-refractivity contribution in [3.63, 3.8) is 0 Å². The van der Waals surface area contributed by atoms with Gasteiger partial charge in [0, 0.05) is 10.8 Å². The summed E-state index contributed by atoms with van der Waals surface area (Å²) in [6, 6.07) is 3.92. The highest BCUT2D eigenvalue weighted by Crippen LogP contribution is 2.27. The van der Waals surface area contributed by atoms with Gasteiger partial charge in [-0.25, -0.2) is 0 Å². The number of nitrogens with one attached hydrogen (secondary N) is 1.